The van der Waals surface area contributed by atoms with Crippen LogP contribution < -0.4 is 10.2 Å². The maximum Gasteiger partial charge on any atom is 0.251 e. The van der Waals surface area contributed by atoms with Crippen LogP contribution in [0.2, 0.25) is 5.02 Å². The molecule has 0 atom stereocenters. The number of nitrogens with one attached hydrogen (secondary N) is 2. The molecule has 1 aromatic carbocycles. The van der Waals surface area contributed by atoms with Crippen molar-refractivity contribution in [3.05, 3.63) is 34.9 Å². The predicted octanol–water partition coefficient (Wildman–Crippen LogP) is 1.53. The molecule has 0 aromatic heterocycles. The number of amides is 1. The van der Waals surface area contributed by atoms with Crippen LogP contribution in [-0.2, 0) is 0 Å². The highest BCUT2D eigenvalue weighted by molar-refractivity contribution is 6.30. The Balaban J connectivity index is 1.82. The first-order chi connectivity index (χ1) is 9.19. The van der Waals surface area contributed by atoms with Gasteiger partial charge in [0.05, 0.1) is 19.6 Å². The van der Waals surface area contributed by atoms with Gasteiger partial charge in [0.1, 0.15) is 0 Å². The monoisotopic (exact) mass is 281 g/mol. The van der Waals surface area contributed by atoms with Crippen LogP contribution in [0.5, 0.6) is 0 Å². The SMILES string of the molecule is CCC[NH+]1CCC(NC(=O)c2ccc(Cl)cc2)CC1. The fraction of sp³-hybridized carbons (Fsp3) is 0.533. The fourth-order valence-corrected chi connectivity index (χ4v) is 2.77. The lowest BCUT2D eigenvalue weighted by molar-refractivity contribution is -0.905. The molecule has 0 aliphatic carbocycles. The number of piperidine rings is 1. The van der Waals surface area contributed by atoms with Gasteiger partial charge >= 0.3 is 0 Å². The summed E-state index contributed by atoms with van der Waals surface area (Å²) in [4.78, 5) is 13.7. The van der Waals surface area contributed by atoms with Crippen LogP contribution in [0, 0.1) is 0 Å². The molecule has 2 N–H and O–H groups in total. The van der Waals surface area contributed by atoms with Crippen molar-refractivity contribution < 1.29 is 9.69 Å². The average molecular weight is 282 g/mol. The number of halogens is 1. The van der Waals surface area contributed by atoms with E-state index < -0.39 is 0 Å². The number of rotatable bonds is 4. The van der Waals surface area contributed by atoms with Crippen molar-refractivity contribution in [2.45, 2.75) is 32.2 Å². The summed E-state index contributed by atoms with van der Waals surface area (Å²) in [5.74, 6) is 0.0145. The van der Waals surface area contributed by atoms with Gasteiger partial charge < -0.3 is 10.2 Å². The molecule has 1 aliphatic heterocycles. The first-order valence-electron chi connectivity index (χ1n) is 7.09. The third-order valence-corrected chi connectivity index (χ3v) is 3.99. The molecular formula is C15H22ClN2O+. The Kier molecular flexibility index (Phi) is 5.23. The number of benzene rings is 1. The molecule has 4 heteroatoms. The standard InChI is InChI=1S/C15H21ClN2O/c1-2-9-18-10-7-14(8-11-18)17-15(19)12-3-5-13(16)6-4-12/h3-6,14H,2,7-11H2,1H3,(H,17,19)/p+1. The molecule has 1 aromatic rings. The average Bonchev–Trinajstić information content (AvgIpc) is 2.42. The van der Waals surface area contributed by atoms with E-state index in [1.807, 2.05) is 0 Å². The molecule has 3 nitrogen and oxygen atoms in total. The zero-order chi connectivity index (χ0) is 13.7. The molecule has 1 fully saturated rings. The fourth-order valence-electron chi connectivity index (χ4n) is 2.64. The van der Waals surface area contributed by atoms with Gasteiger partial charge in [-0.25, -0.2) is 0 Å². The van der Waals surface area contributed by atoms with Crippen molar-refractivity contribution in [2.24, 2.45) is 0 Å². The molecule has 1 heterocycles. The Bertz CT molecular complexity index is 411. The van der Waals surface area contributed by atoms with E-state index in [0.29, 0.717) is 16.6 Å². The summed E-state index contributed by atoms with van der Waals surface area (Å²) in [6.07, 6.45) is 3.39. The number of quaternary nitrogens is 1. The lowest BCUT2D eigenvalue weighted by atomic mass is 10.0. The number of hydrogen-bond donors (Lipinski definition) is 2. The van der Waals surface area contributed by atoms with Gasteiger partial charge in [-0.1, -0.05) is 18.5 Å². The minimum atomic E-state index is 0.0145. The van der Waals surface area contributed by atoms with Gasteiger partial charge in [0.15, 0.2) is 0 Å². The third kappa shape index (κ3) is 4.22. The molecule has 1 aliphatic rings. The van der Waals surface area contributed by atoms with Crippen molar-refractivity contribution >= 4 is 17.5 Å². The van der Waals surface area contributed by atoms with Crippen LogP contribution in [0.3, 0.4) is 0 Å². The summed E-state index contributed by atoms with van der Waals surface area (Å²) < 4.78 is 0. The van der Waals surface area contributed by atoms with Gasteiger partial charge in [-0.15, -0.1) is 0 Å². The van der Waals surface area contributed by atoms with E-state index in [4.69, 9.17) is 11.6 Å². The Morgan fingerprint density at radius 3 is 2.53 bits per heavy atom. The molecule has 104 valence electrons. The molecule has 1 saturated heterocycles. The van der Waals surface area contributed by atoms with Crippen molar-refractivity contribution in [3.63, 3.8) is 0 Å². The van der Waals surface area contributed by atoms with Crippen molar-refractivity contribution in [3.8, 4) is 0 Å². The molecule has 0 radical (unpaired) electrons. The van der Waals surface area contributed by atoms with E-state index in [2.05, 4.69) is 12.2 Å². The highest BCUT2D eigenvalue weighted by atomic mass is 35.5. The van der Waals surface area contributed by atoms with Gasteiger partial charge in [0.25, 0.3) is 5.91 Å². The van der Waals surface area contributed by atoms with Crippen LogP contribution >= 0.6 is 11.6 Å². The smallest absolute Gasteiger partial charge is 0.251 e. The quantitative estimate of drug-likeness (QED) is 0.862. The Hall–Kier alpha value is -1.06. The molecule has 0 bridgehead atoms. The minimum Gasteiger partial charge on any atom is -0.349 e. The van der Waals surface area contributed by atoms with E-state index in [-0.39, 0.29) is 5.91 Å². The van der Waals surface area contributed by atoms with E-state index in [9.17, 15) is 4.79 Å². The zero-order valence-corrected chi connectivity index (χ0v) is 12.2. The summed E-state index contributed by atoms with van der Waals surface area (Å²) in [7, 11) is 0. The summed E-state index contributed by atoms with van der Waals surface area (Å²) in [5.41, 5.74) is 0.688. The number of hydrogen-bond acceptors (Lipinski definition) is 1. The van der Waals surface area contributed by atoms with E-state index in [1.54, 1.807) is 29.2 Å². The highest BCUT2D eigenvalue weighted by Crippen LogP contribution is 2.10. The van der Waals surface area contributed by atoms with Gasteiger partial charge in [-0.3, -0.25) is 4.79 Å². The summed E-state index contributed by atoms with van der Waals surface area (Å²) in [6.45, 7) is 5.80. The summed E-state index contributed by atoms with van der Waals surface area (Å²) in [5, 5.41) is 3.78. The Morgan fingerprint density at radius 2 is 1.95 bits per heavy atom. The Labute approximate surface area is 119 Å². The molecule has 0 saturated carbocycles. The maximum atomic E-state index is 12.1. The highest BCUT2D eigenvalue weighted by Gasteiger charge is 2.22. The maximum absolute atomic E-state index is 12.1. The molecule has 1 amide bonds. The van der Waals surface area contributed by atoms with Crippen LogP contribution in [0.1, 0.15) is 36.5 Å². The Morgan fingerprint density at radius 1 is 1.32 bits per heavy atom. The van der Waals surface area contributed by atoms with Gasteiger partial charge in [-0.2, -0.15) is 0 Å². The lowest BCUT2D eigenvalue weighted by Crippen LogP contribution is -3.13. The molecule has 2 rings (SSSR count). The molecule has 0 unspecified atom stereocenters. The number of carbonyl (C=O) groups is 1. The van der Waals surface area contributed by atoms with Crippen LogP contribution in [0.4, 0.5) is 0 Å². The largest absolute Gasteiger partial charge is 0.349 e. The van der Waals surface area contributed by atoms with E-state index in [0.717, 1.165) is 12.8 Å². The zero-order valence-electron chi connectivity index (χ0n) is 11.4. The normalized spacial score (nSPS) is 23.1. The summed E-state index contributed by atoms with van der Waals surface area (Å²) in [6, 6.07) is 7.38. The molecular weight excluding hydrogens is 260 g/mol. The summed E-state index contributed by atoms with van der Waals surface area (Å²) >= 11 is 5.82. The van der Waals surface area contributed by atoms with Gasteiger partial charge in [0.2, 0.25) is 0 Å². The number of likely N-dealkylation sites (tertiary alicyclic amines) is 1. The second-order valence-corrected chi connectivity index (χ2v) is 5.69. The van der Waals surface area contributed by atoms with Gasteiger partial charge in [-0.05, 0) is 30.7 Å². The minimum absolute atomic E-state index is 0.0145. The van der Waals surface area contributed by atoms with Crippen molar-refractivity contribution in [1.29, 1.82) is 0 Å². The first-order valence-corrected chi connectivity index (χ1v) is 7.47. The van der Waals surface area contributed by atoms with Crippen molar-refractivity contribution in [2.75, 3.05) is 19.6 Å². The van der Waals surface area contributed by atoms with E-state index in [1.165, 1.54) is 26.1 Å². The topological polar surface area (TPSA) is 33.5 Å². The van der Waals surface area contributed by atoms with Gasteiger partial charge in [0, 0.05) is 29.5 Å². The van der Waals surface area contributed by atoms with Crippen molar-refractivity contribution in [1.82, 2.24) is 5.32 Å². The van der Waals surface area contributed by atoms with Crippen LogP contribution in [0.25, 0.3) is 0 Å². The number of carbonyl (C=O) groups excluding carboxylic acids is 1. The second-order valence-electron chi connectivity index (χ2n) is 5.25. The molecule has 19 heavy (non-hydrogen) atoms. The predicted molar refractivity (Wildman–Crippen MR) is 77.8 cm³/mol. The molecule has 0 spiro atoms. The first kappa shape index (κ1) is 14.4. The lowest BCUT2D eigenvalue weighted by Gasteiger charge is -2.29. The third-order valence-electron chi connectivity index (χ3n) is 3.74. The van der Waals surface area contributed by atoms with Crippen LogP contribution in [-0.4, -0.2) is 31.6 Å². The van der Waals surface area contributed by atoms with E-state index >= 15 is 0 Å². The van der Waals surface area contributed by atoms with Crippen LogP contribution in [0.15, 0.2) is 24.3 Å². The second kappa shape index (κ2) is 6.92.